The molecule has 1 aliphatic rings. The third-order valence-corrected chi connectivity index (χ3v) is 4.49. The highest BCUT2D eigenvalue weighted by Gasteiger charge is 2.16. The molecule has 1 aliphatic carbocycles. The fourth-order valence-electron chi connectivity index (χ4n) is 3.16. The van der Waals surface area contributed by atoms with Gasteiger partial charge < -0.3 is 19.5 Å². The molecule has 0 unspecified atom stereocenters. The quantitative estimate of drug-likeness (QED) is 0.865. The van der Waals surface area contributed by atoms with Crippen molar-refractivity contribution in [2.24, 2.45) is 0 Å². The molecule has 1 N–H and O–H groups in total. The van der Waals surface area contributed by atoms with Gasteiger partial charge in [0, 0.05) is 24.7 Å². The van der Waals surface area contributed by atoms with Crippen LogP contribution in [0.25, 0.3) is 0 Å². The van der Waals surface area contributed by atoms with Crippen molar-refractivity contribution in [2.45, 2.75) is 57.5 Å². The molecule has 22 heavy (non-hydrogen) atoms. The molecule has 0 radical (unpaired) electrons. The van der Waals surface area contributed by atoms with E-state index in [1.54, 1.807) is 21.3 Å². The monoisotopic (exact) mass is 307 g/mol. The van der Waals surface area contributed by atoms with Crippen LogP contribution in [0.4, 0.5) is 0 Å². The third-order valence-electron chi connectivity index (χ3n) is 4.49. The second-order valence-electron chi connectivity index (χ2n) is 5.93. The number of rotatable bonds is 6. The number of hydrogen-bond acceptors (Lipinski definition) is 4. The van der Waals surface area contributed by atoms with Gasteiger partial charge in [-0.05, 0) is 12.8 Å². The number of ether oxygens (including phenoxy) is 3. The Kier molecular flexibility index (Phi) is 6.84. The molecule has 0 atom stereocenters. The molecule has 1 fully saturated rings. The zero-order chi connectivity index (χ0) is 15.8. The van der Waals surface area contributed by atoms with Gasteiger partial charge in [0.2, 0.25) is 0 Å². The topological polar surface area (TPSA) is 39.7 Å². The molecule has 0 heterocycles. The van der Waals surface area contributed by atoms with E-state index in [0.29, 0.717) is 6.04 Å². The molecule has 1 saturated carbocycles. The van der Waals surface area contributed by atoms with E-state index in [9.17, 15) is 0 Å². The smallest absolute Gasteiger partial charge is 0.130 e. The van der Waals surface area contributed by atoms with Crippen LogP contribution < -0.4 is 19.5 Å². The molecule has 1 aromatic rings. The lowest BCUT2D eigenvalue weighted by Gasteiger charge is -2.22. The van der Waals surface area contributed by atoms with Gasteiger partial charge in [-0.3, -0.25) is 0 Å². The van der Waals surface area contributed by atoms with Crippen molar-refractivity contribution in [1.82, 2.24) is 5.32 Å². The van der Waals surface area contributed by atoms with Crippen LogP contribution in [-0.2, 0) is 6.54 Å². The lowest BCUT2D eigenvalue weighted by molar-refractivity contribution is 0.355. The molecule has 0 saturated heterocycles. The molecule has 0 aromatic heterocycles. The summed E-state index contributed by atoms with van der Waals surface area (Å²) in [4.78, 5) is 0. The Balaban J connectivity index is 2.06. The summed E-state index contributed by atoms with van der Waals surface area (Å²) >= 11 is 0. The Morgan fingerprint density at radius 1 is 0.864 bits per heavy atom. The maximum absolute atomic E-state index is 5.51. The minimum atomic E-state index is 0.594. The first-order chi connectivity index (χ1) is 10.8. The SMILES string of the molecule is COc1cc(OC)c(CNC2CCCCCCC2)c(OC)c1. The first kappa shape index (κ1) is 16.9. The summed E-state index contributed by atoms with van der Waals surface area (Å²) < 4.78 is 16.3. The van der Waals surface area contributed by atoms with Gasteiger partial charge in [0.15, 0.2) is 0 Å². The van der Waals surface area contributed by atoms with Gasteiger partial charge in [-0.25, -0.2) is 0 Å². The lowest BCUT2D eigenvalue weighted by Crippen LogP contribution is -2.29. The molecule has 0 amide bonds. The Morgan fingerprint density at radius 3 is 1.91 bits per heavy atom. The van der Waals surface area contributed by atoms with Crippen LogP contribution >= 0.6 is 0 Å². The number of nitrogens with one attached hydrogen (secondary N) is 1. The summed E-state index contributed by atoms with van der Waals surface area (Å²) in [6.45, 7) is 0.765. The summed E-state index contributed by atoms with van der Waals surface area (Å²) in [5, 5.41) is 3.69. The normalized spacial score (nSPS) is 16.7. The van der Waals surface area contributed by atoms with Gasteiger partial charge in [0.05, 0.1) is 26.9 Å². The predicted molar refractivity (Wildman–Crippen MR) is 89.0 cm³/mol. The van der Waals surface area contributed by atoms with Crippen LogP contribution in [0, 0.1) is 0 Å². The first-order valence-corrected chi connectivity index (χ1v) is 8.30. The van der Waals surface area contributed by atoms with Crippen molar-refractivity contribution < 1.29 is 14.2 Å². The van der Waals surface area contributed by atoms with E-state index in [0.717, 1.165) is 29.4 Å². The highest BCUT2D eigenvalue weighted by molar-refractivity contribution is 5.50. The summed E-state index contributed by atoms with van der Waals surface area (Å²) in [6.07, 6.45) is 9.32. The average Bonchev–Trinajstić information content (AvgIpc) is 2.53. The summed E-state index contributed by atoms with van der Waals surface area (Å²) in [5.74, 6) is 2.38. The fourth-order valence-corrected chi connectivity index (χ4v) is 3.16. The van der Waals surface area contributed by atoms with Crippen molar-refractivity contribution in [1.29, 1.82) is 0 Å². The minimum Gasteiger partial charge on any atom is -0.496 e. The molecule has 0 bridgehead atoms. The van der Waals surface area contributed by atoms with Crippen LogP contribution in [0.3, 0.4) is 0 Å². The Morgan fingerprint density at radius 2 is 1.41 bits per heavy atom. The molecule has 124 valence electrons. The van der Waals surface area contributed by atoms with E-state index in [-0.39, 0.29) is 0 Å². The van der Waals surface area contributed by atoms with Crippen molar-refractivity contribution in [3.8, 4) is 17.2 Å². The van der Waals surface area contributed by atoms with Crippen LogP contribution in [0.1, 0.15) is 50.5 Å². The first-order valence-electron chi connectivity index (χ1n) is 8.30. The molecular weight excluding hydrogens is 278 g/mol. The molecule has 0 aliphatic heterocycles. The highest BCUT2D eigenvalue weighted by atomic mass is 16.5. The zero-order valence-corrected chi connectivity index (χ0v) is 14.1. The van der Waals surface area contributed by atoms with Gasteiger partial charge in [0.1, 0.15) is 17.2 Å². The predicted octanol–water partition coefficient (Wildman–Crippen LogP) is 3.91. The molecule has 4 heteroatoms. The van der Waals surface area contributed by atoms with Crippen molar-refractivity contribution in [2.75, 3.05) is 21.3 Å². The molecule has 0 spiro atoms. The lowest BCUT2D eigenvalue weighted by atomic mass is 9.96. The van der Waals surface area contributed by atoms with Crippen molar-refractivity contribution in [3.05, 3.63) is 17.7 Å². The number of methoxy groups -OCH3 is 3. The van der Waals surface area contributed by atoms with Crippen molar-refractivity contribution in [3.63, 3.8) is 0 Å². The number of benzene rings is 1. The van der Waals surface area contributed by atoms with Crippen LogP contribution in [-0.4, -0.2) is 27.4 Å². The largest absolute Gasteiger partial charge is 0.496 e. The van der Waals surface area contributed by atoms with Crippen LogP contribution in [0.2, 0.25) is 0 Å². The van der Waals surface area contributed by atoms with Gasteiger partial charge in [-0.15, -0.1) is 0 Å². The highest BCUT2D eigenvalue weighted by Crippen LogP contribution is 2.34. The van der Waals surface area contributed by atoms with Crippen molar-refractivity contribution >= 4 is 0 Å². The maximum atomic E-state index is 5.51. The van der Waals surface area contributed by atoms with E-state index in [1.807, 2.05) is 12.1 Å². The van der Waals surface area contributed by atoms with Gasteiger partial charge >= 0.3 is 0 Å². The Hall–Kier alpha value is -1.42. The third kappa shape index (κ3) is 4.54. The summed E-state index contributed by atoms with van der Waals surface area (Å²) in [5.41, 5.74) is 1.06. The van der Waals surface area contributed by atoms with E-state index in [1.165, 1.54) is 44.9 Å². The maximum Gasteiger partial charge on any atom is 0.130 e. The van der Waals surface area contributed by atoms with E-state index < -0.39 is 0 Å². The number of hydrogen-bond donors (Lipinski definition) is 1. The van der Waals surface area contributed by atoms with Gasteiger partial charge in [-0.2, -0.15) is 0 Å². The van der Waals surface area contributed by atoms with Gasteiger partial charge in [0.25, 0.3) is 0 Å². The zero-order valence-electron chi connectivity index (χ0n) is 14.1. The average molecular weight is 307 g/mol. The van der Waals surface area contributed by atoms with E-state index in [2.05, 4.69) is 5.32 Å². The van der Waals surface area contributed by atoms with E-state index >= 15 is 0 Å². The Labute approximate surface area is 134 Å². The molecule has 2 rings (SSSR count). The van der Waals surface area contributed by atoms with Gasteiger partial charge in [-0.1, -0.05) is 32.1 Å². The van der Waals surface area contributed by atoms with Crippen LogP contribution in [0.15, 0.2) is 12.1 Å². The standard InChI is InChI=1S/C18H29NO3/c1-20-15-11-17(21-2)16(18(12-15)22-3)13-19-14-9-7-5-4-6-8-10-14/h11-12,14,19H,4-10,13H2,1-3H3. The summed E-state index contributed by atoms with van der Waals surface area (Å²) in [7, 11) is 5.03. The molecular formula is C18H29NO3. The summed E-state index contributed by atoms with van der Waals surface area (Å²) in [6, 6.07) is 4.42. The second-order valence-corrected chi connectivity index (χ2v) is 5.93. The molecule has 1 aromatic carbocycles. The second kappa shape index (κ2) is 8.89. The van der Waals surface area contributed by atoms with E-state index in [4.69, 9.17) is 14.2 Å². The fraction of sp³-hybridized carbons (Fsp3) is 0.667. The van der Waals surface area contributed by atoms with Crippen LogP contribution in [0.5, 0.6) is 17.2 Å². The molecule has 4 nitrogen and oxygen atoms in total. The minimum absolute atomic E-state index is 0.594. The Bertz CT molecular complexity index is 429.